The van der Waals surface area contributed by atoms with Crippen LogP contribution in [-0.2, 0) is 0 Å². The van der Waals surface area contributed by atoms with Crippen LogP contribution >= 0.6 is 11.8 Å². The van der Waals surface area contributed by atoms with Crippen LogP contribution in [0.4, 0.5) is 0 Å². The van der Waals surface area contributed by atoms with Crippen molar-refractivity contribution in [3.63, 3.8) is 0 Å². The molecule has 0 aromatic heterocycles. The van der Waals surface area contributed by atoms with Crippen LogP contribution in [0.2, 0.25) is 0 Å². The number of thioether (sulfide) groups is 1. The molecule has 0 atom stereocenters. The SMILES string of the molecule is C=C(CNC(C)(C)C)CN1CCSC(C)(C)C1. The number of nitrogens with zero attached hydrogens (tertiary/aromatic N) is 1. The third kappa shape index (κ3) is 6.49. The quantitative estimate of drug-likeness (QED) is 0.779. The number of hydrogen-bond donors (Lipinski definition) is 1. The van der Waals surface area contributed by atoms with Gasteiger partial charge in [0.2, 0.25) is 0 Å². The van der Waals surface area contributed by atoms with Crippen molar-refractivity contribution in [2.45, 2.75) is 44.9 Å². The van der Waals surface area contributed by atoms with Crippen LogP contribution < -0.4 is 5.32 Å². The predicted molar refractivity (Wildman–Crippen MR) is 79.9 cm³/mol. The Hall–Kier alpha value is 0.0100. The predicted octanol–water partition coefficient (Wildman–Crippen LogP) is 2.76. The molecule has 1 saturated heterocycles. The van der Waals surface area contributed by atoms with Gasteiger partial charge in [-0.1, -0.05) is 6.58 Å². The van der Waals surface area contributed by atoms with E-state index in [1.54, 1.807) is 0 Å². The smallest absolute Gasteiger partial charge is 0.0231 e. The monoisotopic (exact) mass is 256 g/mol. The summed E-state index contributed by atoms with van der Waals surface area (Å²) in [5.41, 5.74) is 1.47. The number of nitrogens with one attached hydrogen (secondary N) is 1. The number of rotatable bonds is 4. The summed E-state index contributed by atoms with van der Waals surface area (Å²) in [6.07, 6.45) is 0. The standard InChI is InChI=1S/C14H28N2S/c1-12(9-15-13(2,3)4)10-16-7-8-17-14(5,6)11-16/h15H,1,7-11H2,2-6H3. The lowest BCUT2D eigenvalue weighted by Crippen LogP contribution is -2.45. The van der Waals surface area contributed by atoms with Gasteiger partial charge in [-0.3, -0.25) is 4.90 Å². The van der Waals surface area contributed by atoms with E-state index in [2.05, 4.69) is 63.2 Å². The van der Waals surface area contributed by atoms with Crippen molar-refractivity contribution in [2.24, 2.45) is 0 Å². The summed E-state index contributed by atoms with van der Waals surface area (Å²) in [5.74, 6) is 1.24. The first-order chi connectivity index (χ1) is 7.68. The zero-order valence-electron chi connectivity index (χ0n) is 12.1. The van der Waals surface area contributed by atoms with Gasteiger partial charge in [-0.25, -0.2) is 0 Å². The average molecular weight is 256 g/mol. The summed E-state index contributed by atoms with van der Waals surface area (Å²) in [4.78, 5) is 2.53. The first-order valence-corrected chi connectivity index (χ1v) is 7.44. The molecule has 0 spiro atoms. The largest absolute Gasteiger partial charge is 0.308 e. The summed E-state index contributed by atoms with van der Waals surface area (Å²) >= 11 is 2.08. The summed E-state index contributed by atoms with van der Waals surface area (Å²) < 4.78 is 0.399. The minimum atomic E-state index is 0.181. The molecule has 0 amide bonds. The van der Waals surface area contributed by atoms with Crippen LogP contribution in [0.5, 0.6) is 0 Å². The van der Waals surface area contributed by atoms with Crippen LogP contribution in [0.1, 0.15) is 34.6 Å². The molecule has 3 heteroatoms. The highest BCUT2D eigenvalue weighted by Crippen LogP contribution is 2.29. The van der Waals surface area contributed by atoms with E-state index in [1.807, 2.05) is 0 Å². The summed E-state index contributed by atoms with van der Waals surface area (Å²) in [6.45, 7) is 19.8. The molecule has 0 aromatic carbocycles. The normalized spacial score (nSPS) is 21.5. The van der Waals surface area contributed by atoms with Gasteiger partial charge in [-0.05, 0) is 40.2 Å². The Bertz CT molecular complexity index is 266. The molecule has 1 N–H and O–H groups in total. The molecule has 100 valence electrons. The molecular weight excluding hydrogens is 228 g/mol. The molecule has 0 aromatic rings. The van der Waals surface area contributed by atoms with E-state index < -0.39 is 0 Å². The van der Waals surface area contributed by atoms with Crippen molar-refractivity contribution in [1.29, 1.82) is 0 Å². The van der Waals surface area contributed by atoms with Crippen molar-refractivity contribution in [2.75, 3.05) is 31.9 Å². The second kappa shape index (κ2) is 5.77. The van der Waals surface area contributed by atoms with E-state index in [9.17, 15) is 0 Å². The maximum absolute atomic E-state index is 4.19. The minimum absolute atomic E-state index is 0.181. The average Bonchev–Trinajstić information content (AvgIpc) is 2.12. The summed E-state index contributed by atoms with van der Waals surface area (Å²) in [6, 6.07) is 0. The fourth-order valence-electron chi connectivity index (χ4n) is 2.01. The van der Waals surface area contributed by atoms with Gasteiger partial charge in [0.05, 0.1) is 0 Å². The maximum atomic E-state index is 4.19. The van der Waals surface area contributed by atoms with E-state index >= 15 is 0 Å². The lowest BCUT2D eigenvalue weighted by molar-refractivity contribution is 0.277. The van der Waals surface area contributed by atoms with Crippen LogP contribution in [0.15, 0.2) is 12.2 Å². The summed E-state index contributed by atoms with van der Waals surface area (Å²) in [7, 11) is 0. The molecule has 1 heterocycles. The molecule has 1 aliphatic heterocycles. The van der Waals surface area contributed by atoms with Gasteiger partial charge in [-0.15, -0.1) is 0 Å². The van der Waals surface area contributed by atoms with Gasteiger partial charge in [0.25, 0.3) is 0 Å². The Morgan fingerprint density at radius 2 is 2.06 bits per heavy atom. The van der Waals surface area contributed by atoms with Crippen LogP contribution in [0, 0.1) is 0 Å². The maximum Gasteiger partial charge on any atom is 0.0231 e. The minimum Gasteiger partial charge on any atom is -0.308 e. The molecule has 2 nitrogen and oxygen atoms in total. The Kier molecular flexibility index (Phi) is 5.11. The van der Waals surface area contributed by atoms with E-state index in [4.69, 9.17) is 0 Å². The topological polar surface area (TPSA) is 15.3 Å². The van der Waals surface area contributed by atoms with E-state index in [0.29, 0.717) is 4.75 Å². The lowest BCUT2D eigenvalue weighted by atomic mass is 10.1. The van der Waals surface area contributed by atoms with E-state index in [1.165, 1.54) is 24.4 Å². The third-order valence-electron chi connectivity index (χ3n) is 2.82. The zero-order chi connectivity index (χ0) is 13.1. The highest BCUT2D eigenvalue weighted by molar-refractivity contribution is 8.00. The van der Waals surface area contributed by atoms with Gasteiger partial charge in [0.1, 0.15) is 0 Å². The molecular formula is C14H28N2S. The Morgan fingerprint density at radius 1 is 1.41 bits per heavy atom. The Labute approximate surface area is 111 Å². The van der Waals surface area contributed by atoms with E-state index in [-0.39, 0.29) is 5.54 Å². The number of hydrogen-bond acceptors (Lipinski definition) is 3. The molecule has 0 saturated carbocycles. The van der Waals surface area contributed by atoms with Crippen LogP contribution in [0.25, 0.3) is 0 Å². The fraction of sp³-hybridized carbons (Fsp3) is 0.857. The van der Waals surface area contributed by atoms with Gasteiger partial charge < -0.3 is 5.32 Å². The highest BCUT2D eigenvalue weighted by atomic mass is 32.2. The van der Waals surface area contributed by atoms with Crippen molar-refractivity contribution >= 4 is 11.8 Å². The van der Waals surface area contributed by atoms with Crippen molar-refractivity contribution in [1.82, 2.24) is 10.2 Å². The molecule has 0 aliphatic carbocycles. The van der Waals surface area contributed by atoms with Crippen molar-refractivity contribution in [3.05, 3.63) is 12.2 Å². The molecule has 1 fully saturated rings. The third-order valence-corrected chi connectivity index (χ3v) is 4.12. The van der Waals surface area contributed by atoms with Crippen LogP contribution in [0.3, 0.4) is 0 Å². The van der Waals surface area contributed by atoms with Crippen molar-refractivity contribution in [3.8, 4) is 0 Å². The zero-order valence-corrected chi connectivity index (χ0v) is 12.9. The van der Waals surface area contributed by atoms with Gasteiger partial charge >= 0.3 is 0 Å². The first-order valence-electron chi connectivity index (χ1n) is 6.46. The van der Waals surface area contributed by atoms with Gasteiger partial charge in [0.15, 0.2) is 0 Å². The Morgan fingerprint density at radius 3 is 2.59 bits per heavy atom. The van der Waals surface area contributed by atoms with Gasteiger partial charge in [-0.2, -0.15) is 11.8 Å². The summed E-state index contributed by atoms with van der Waals surface area (Å²) in [5, 5.41) is 3.50. The molecule has 1 rings (SSSR count). The molecule has 0 unspecified atom stereocenters. The molecule has 0 bridgehead atoms. The Balaban J connectivity index is 2.31. The molecule has 1 aliphatic rings. The van der Waals surface area contributed by atoms with E-state index in [0.717, 1.165) is 13.1 Å². The molecule has 0 radical (unpaired) electrons. The van der Waals surface area contributed by atoms with Gasteiger partial charge in [0, 0.05) is 42.2 Å². The van der Waals surface area contributed by atoms with Crippen molar-refractivity contribution < 1.29 is 0 Å². The second-order valence-electron chi connectivity index (χ2n) is 6.67. The second-order valence-corrected chi connectivity index (χ2v) is 8.47. The van der Waals surface area contributed by atoms with Crippen LogP contribution in [-0.4, -0.2) is 47.1 Å². The lowest BCUT2D eigenvalue weighted by Gasteiger charge is -2.38. The highest BCUT2D eigenvalue weighted by Gasteiger charge is 2.26. The first kappa shape index (κ1) is 15.1. The fourth-order valence-corrected chi connectivity index (χ4v) is 3.19. The molecule has 17 heavy (non-hydrogen) atoms.